The third-order valence-corrected chi connectivity index (χ3v) is 2.20. The summed E-state index contributed by atoms with van der Waals surface area (Å²) in [5.74, 6) is -0.632. The SMILES string of the molecule is COC(=O)c1cc(S(=O)[O-])c(C)o1.[Na+]. The zero-order valence-corrected chi connectivity index (χ0v) is 10.8. The summed E-state index contributed by atoms with van der Waals surface area (Å²) in [6, 6.07) is 1.13. The molecule has 0 N–H and O–H groups in total. The van der Waals surface area contributed by atoms with E-state index in [1.807, 2.05) is 0 Å². The van der Waals surface area contributed by atoms with Gasteiger partial charge in [-0.2, -0.15) is 0 Å². The number of furan rings is 1. The Morgan fingerprint density at radius 2 is 2.21 bits per heavy atom. The molecule has 1 aromatic heterocycles. The first kappa shape index (κ1) is 13.9. The maximum atomic E-state index is 10.9. The summed E-state index contributed by atoms with van der Waals surface area (Å²) in [4.78, 5) is 10.9. The zero-order valence-electron chi connectivity index (χ0n) is 8.03. The largest absolute Gasteiger partial charge is 1.00 e. The first-order valence-electron chi connectivity index (χ1n) is 3.34. The van der Waals surface area contributed by atoms with Crippen LogP contribution in [0.15, 0.2) is 15.4 Å². The van der Waals surface area contributed by atoms with Gasteiger partial charge in [-0.15, -0.1) is 0 Å². The molecule has 0 aliphatic rings. The summed E-state index contributed by atoms with van der Waals surface area (Å²) in [5.41, 5.74) is 0. The number of methoxy groups -OCH3 is 1. The van der Waals surface area contributed by atoms with E-state index >= 15 is 0 Å². The molecule has 5 nitrogen and oxygen atoms in total. The summed E-state index contributed by atoms with van der Waals surface area (Å²) >= 11 is -2.39. The van der Waals surface area contributed by atoms with Crippen molar-refractivity contribution in [1.29, 1.82) is 0 Å². The summed E-state index contributed by atoms with van der Waals surface area (Å²) in [7, 11) is 1.19. The molecule has 0 fully saturated rings. The van der Waals surface area contributed by atoms with E-state index in [1.54, 1.807) is 0 Å². The van der Waals surface area contributed by atoms with Crippen LogP contribution in [0.4, 0.5) is 0 Å². The second-order valence-electron chi connectivity index (χ2n) is 2.26. The third-order valence-electron chi connectivity index (χ3n) is 1.44. The number of ether oxygens (including phenoxy) is 1. The van der Waals surface area contributed by atoms with Crippen molar-refractivity contribution in [3.8, 4) is 0 Å². The van der Waals surface area contributed by atoms with E-state index < -0.39 is 17.0 Å². The number of hydrogen-bond donors (Lipinski definition) is 0. The quantitative estimate of drug-likeness (QED) is 0.319. The maximum absolute atomic E-state index is 10.9. The van der Waals surface area contributed by atoms with Crippen LogP contribution in [0.3, 0.4) is 0 Å². The molecule has 0 saturated carbocycles. The van der Waals surface area contributed by atoms with E-state index in [2.05, 4.69) is 4.74 Å². The van der Waals surface area contributed by atoms with Gasteiger partial charge in [-0.3, -0.25) is 4.21 Å². The number of carbonyl (C=O) groups is 1. The van der Waals surface area contributed by atoms with Crippen LogP contribution < -0.4 is 29.6 Å². The summed E-state index contributed by atoms with van der Waals surface area (Å²) in [5, 5.41) is 0. The molecule has 0 amide bonds. The van der Waals surface area contributed by atoms with Gasteiger partial charge in [0.25, 0.3) is 0 Å². The molecule has 1 unspecified atom stereocenters. The number of hydrogen-bond acceptors (Lipinski definition) is 5. The first-order valence-corrected chi connectivity index (χ1v) is 4.41. The van der Waals surface area contributed by atoms with Gasteiger partial charge in [0, 0.05) is 6.07 Å². The topological polar surface area (TPSA) is 79.6 Å². The average Bonchev–Trinajstić information content (AvgIpc) is 2.46. The second-order valence-corrected chi connectivity index (χ2v) is 3.17. The van der Waals surface area contributed by atoms with Crippen molar-refractivity contribution < 1.29 is 52.3 Å². The smallest absolute Gasteiger partial charge is 0.768 e. The minimum absolute atomic E-state index is 0. The predicted octanol–water partition coefficient (Wildman–Crippen LogP) is -2.38. The molecule has 1 heterocycles. The van der Waals surface area contributed by atoms with Crippen LogP contribution in [0.5, 0.6) is 0 Å². The summed E-state index contributed by atoms with van der Waals surface area (Å²) < 4.78 is 30.3. The average molecular weight is 226 g/mol. The summed E-state index contributed by atoms with van der Waals surface area (Å²) in [6.45, 7) is 1.46. The van der Waals surface area contributed by atoms with Gasteiger partial charge in [0.15, 0.2) is 0 Å². The predicted molar refractivity (Wildman–Crippen MR) is 42.0 cm³/mol. The van der Waals surface area contributed by atoms with Crippen molar-refractivity contribution in [2.24, 2.45) is 0 Å². The molecular formula is C7H7NaO5S. The van der Waals surface area contributed by atoms with E-state index in [9.17, 15) is 13.6 Å². The molecule has 1 atom stereocenters. The van der Waals surface area contributed by atoms with Gasteiger partial charge in [0.1, 0.15) is 5.76 Å². The Bertz CT molecular complexity index is 359. The molecule has 1 rings (SSSR count). The van der Waals surface area contributed by atoms with Gasteiger partial charge >= 0.3 is 35.5 Å². The molecule has 1 aromatic rings. The van der Waals surface area contributed by atoms with Gasteiger partial charge in [-0.05, 0) is 18.0 Å². The number of rotatable bonds is 2. The summed E-state index contributed by atoms with van der Waals surface area (Å²) in [6.07, 6.45) is 0. The molecule has 0 aromatic carbocycles. The van der Waals surface area contributed by atoms with E-state index in [-0.39, 0.29) is 46.0 Å². The van der Waals surface area contributed by atoms with Crippen molar-refractivity contribution in [2.75, 3.05) is 7.11 Å². The van der Waals surface area contributed by atoms with Crippen molar-refractivity contribution in [3.05, 3.63) is 17.6 Å². The zero-order chi connectivity index (χ0) is 10.0. The van der Waals surface area contributed by atoms with Crippen LogP contribution in [0, 0.1) is 6.92 Å². The fourth-order valence-corrected chi connectivity index (χ4v) is 1.31. The molecule has 0 aliphatic carbocycles. The Kier molecular flexibility index (Phi) is 5.61. The van der Waals surface area contributed by atoms with Crippen LogP contribution in [0.1, 0.15) is 16.3 Å². The molecule has 0 aliphatic heterocycles. The van der Waals surface area contributed by atoms with Crippen molar-refractivity contribution in [1.82, 2.24) is 0 Å². The van der Waals surface area contributed by atoms with E-state index in [1.165, 1.54) is 14.0 Å². The van der Waals surface area contributed by atoms with Crippen molar-refractivity contribution in [3.63, 3.8) is 0 Å². The normalized spacial score (nSPS) is 11.6. The number of carbonyl (C=O) groups excluding carboxylic acids is 1. The first-order chi connectivity index (χ1) is 6.06. The van der Waals surface area contributed by atoms with E-state index in [0.29, 0.717) is 0 Å². The molecule has 14 heavy (non-hydrogen) atoms. The third kappa shape index (κ3) is 2.93. The minimum Gasteiger partial charge on any atom is -0.768 e. The fourth-order valence-electron chi connectivity index (χ4n) is 0.832. The number of aryl methyl sites for hydroxylation is 1. The van der Waals surface area contributed by atoms with E-state index in [4.69, 9.17) is 4.42 Å². The van der Waals surface area contributed by atoms with Gasteiger partial charge in [-0.25, -0.2) is 4.79 Å². The van der Waals surface area contributed by atoms with Gasteiger partial charge in [0.2, 0.25) is 5.76 Å². The van der Waals surface area contributed by atoms with Crippen LogP contribution in [0.25, 0.3) is 0 Å². The van der Waals surface area contributed by atoms with Crippen LogP contribution >= 0.6 is 0 Å². The van der Waals surface area contributed by atoms with E-state index in [0.717, 1.165) is 6.07 Å². The van der Waals surface area contributed by atoms with Crippen LogP contribution in [0.2, 0.25) is 0 Å². The van der Waals surface area contributed by atoms with Crippen molar-refractivity contribution in [2.45, 2.75) is 11.8 Å². The Labute approximate surface area is 105 Å². The fraction of sp³-hybridized carbons (Fsp3) is 0.286. The van der Waals surface area contributed by atoms with Gasteiger partial charge in [0.05, 0.1) is 12.0 Å². The Morgan fingerprint density at radius 1 is 1.64 bits per heavy atom. The molecule has 7 heteroatoms. The Balaban J connectivity index is 0.00000169. The van der Waals surface area contributed by atoms with Crippen LogP contribution in [-0.4, -0.2) is 21.8 Å². The maximum Gasteiger partial charge on any atom is 1.00 e. The molecule has 72 valence electrons. The molecule has 0 spiro atoms. The Hall–Kier alpha value is -0.140. The molecule has 0 saturated heterocycles. The van der Waals surface area contributed by atoms with Crippen LogP contribution in [-0.2, 0) is 15.8 Å². The Morgan fingerprint density at radius 3 is 2.57 bits per heavy atom. The second kappa shape index (κ2) is 5.67. The number of esters is 1. The molecule has 0 bridgehead atoms. The van der Waals surface area contributed by atoms with Gasteiger partial charge < -0.3 is 13.7 Å². The molecular weight excluding hydrogens is 219 g/mol. The van der Waals surface area contributed by atoms with Gasteiger partial charge in [-0.1, -0.05) is 0 Å². The standard InChI is InChI=1S/C7H8O5S.Na/c1-4-6(13(9)10)3-5(12-4)7(8)11-2;/h3H,1-2H3,(H,9,10);/q;+1/p-1. The minimum atomic E-state index is -2.39. The van der Waals surface area contributed by atoms with Crippen molar-refractivity contribution >= 4 is 17.0 Å². The molecule has 0 radical (unpaired) electrons. The monoisotopic (exact) mass is 226 g/mol.